The van der Waals surface area contributed by atoms with E-state index in [-0.39, 0.29) is 0 Å². The summed E-state index contributed by atoms with van der Waals surface area (Å²) in [5.74, 6) is 1.79. The second-order valence-electron chi connectivity index (χ2n) is 5.25. The van der Waals surface area contributed by atoms with Crippen LogP contribution in [0.5, 0.6) is 0 Å². The maximum atomic E-state index is 2.63. The molecule has 1 aliphatic heterocycles. The Kier molecular flexibility index (Phi) is 4.90. The van der Waals surface area contributed by atoms with Crippen molar-refractivity contribution in [1.82, 2.24) is 9.80 Å². The molecule has 1 atom stereocenters. The molecule has 84 valence electrons. The Labute approximate surface area is 89.3 Å². The zero-order valence-electron chi connectivity index (χ0n) is 10.3. The number of likely N-dealkylation sites (N-methyl/N-ethyl adjacent to an activating group) is 1. The van der Waals surface area contributed by atoms with E-state index in [0.717, 1.165) is 11.8 Å². The number of hydrogen-bond acceptors (Lipinski definition) is 2. The molecule has 1 saturated heterocycles. The van der Waals surface area contributed by atoms with E-state index in [1.165, 1.54) is 39.0 Å². The maximum absolute atomic E-state index is 2.63. The lowest BCUT2D eigenvalue weighted by Gasteiger charge is -2.35. The van der Waals surface area contributed by atoms with E-state index in [1.807, 2.05) is 0 Å². The summed E-state index contributed by atoms with van der Waals surface area (Å²) >= 11 is 0. The highest BCUT2D eigenvalue weighted by atomic mass is 15.2. The predicted octanol–water partition coefficient (Wildman–Crippen LogP) is 1.92. The number of likely N-dealkylation sites (tertiary alicyclic amines) is 1. The van der Waals surface area contributed by atoms with E-state index < -0.39 is 0 Å². The summed E-state index contributed by atoms with van der Waals surface area (Å²) in [6.45, 7) is 9.81. The van der Waals surface area contributed by atoms with Crippen LogP contribution in [-0.4, -0.2) is 50.1 Å². The molecule has 0 aromatic heterocycles. The lowest BCUT2D eigenvalue weighted by atomic mass is 9.88. The van der Waals surface area contributed by atoms with Crippen molar-refractivity contribution in [3.8, 4) is 0 Å². The van der Waals surface area contributed by atoms with Crippen LogP contribution in [0.25, 0.3) is 0 Å². The molecule has 1 rings (SSSR count). The van der Waals surface area contributed by atoms with Crippen molar-refractivity contribution in [3.63, 3.8) is 0 Å². The van der Waals surface area contributed by atoms with Gasteiger partial charge in [-0.2, -0.15) is 0 Å². The van der Waals surface area contributed by atoms with Gasteiger partial charge < -0.3 is 9.80 Å². The first-order valence-electron chi connectivity index (χ1n) is 5.96. The Bertz CT molecular complexity index is 154. The van der Waals surface area contributed by atoms with Gasteiger partial charge in [-0.1, -0.05) is 13.8 Å². The Hall–Kier alpha value is -0.0800. The second-order valence-corrected chi connectivity index (χ2v) is 5.25. The molecule has 1 heterocycles. The van der Waals surface area contributed by atoms with Gasteiger partial charge in [0.1, 0.15) is 0 Å². The molecule has 1 fully saturated rings. The summed E-state index contributed by atoms with van der Waals surface area (Å²) < 4.78 is 0. The first-order valence-corrected chi connectivity index (χ1v) is 5.96. The zero-order valence-corrected chi connectivity index (χ0v) is 10.3. The van der Waals surface area contributed by atoms with Gasteiger partial charge in [0.15, 0.2) is 0 Å². The van der Waals surface area contributed by atoms with Crippen LogP contribution < -0.4 is 0 Å². The minimum Gasteiger partial charge on any atom is -0.308 e. The van der Waals surface area contributed by atoms with Crippen LogP contribution >= 0.6 is 0 Å². The molecular weight excluding hydrogens is 172 g/mol. The topological polar surface area (TPSA) is 6.48 Å². The van der Waals surface area contributed by atoms with Crippen molar-refractivity contribution >= 4 is 0 Å². The van der Waals surface area contributed by atoms with Gasteiger partial charge in [-0.3, -0.25) is 0 Å². The minimum atomic E-state index is 0.858. The summed E-state index contributed by atoms with van der Waals surface area (Å²) in [5.41, 5.74) is 0. The monoisotopic (exact) mass is 198 g/mol. The van der Waals surface area contributed by atoms with Gasteiger partial charge in [0.25, 0.3) is 0 Å². The van der Waals surface area contributed by atoms with Gasteiger partial charge in [-0.25, -0.2) is 0 Å². The fourth-order valence-corrected chi connectivity index (χ4v) is 2.18. The first kappa shape index (κ1) is 12.0. The molecule has 0 N–H and O–H groups in total. The third kappa shape index (κ3) is 3.97. The quantitative estimate of drug-likeness (QED) is 0.681. The molecule has 1 unspecified atom stereocenters. The van der Waals surface area contributed by atoms with Gasteiger partial charge in [0.05, 0.1) is 0 Å². The zero-order chi connectivity index (χ0) is 10.6. The van der Waals surface area contributed by atoms with Crippen molar-refractivity contribution in [2.24, 2.45) is 11.8 Å². The SMILES string of the molecule is CC(C)C1CCCN(CCN(C)C)C1. The third-order valence-corrected chi connectivity index (χ3v) is 3.35. The standard InChI is InChI=1S/C12H26N2/c1-11(2)12-6-5-7-14(10-12)9-8-13(3)4/h11-12H,5-10H2,1-4H3. The highest BCUT2D eigenvalue weighted by Gasteiger charge is 2.21. The van der Waals surface area contributed by atoms with Crippen molar-refractivity contribution in [1.29, 1.82) is 0 Å². The Morgan fingerprint density at radius 3 is 2.64 bits per heavy atom. The molecule has 14 heavy (non-hydrogen) atoms. The number of piperidine rings is 1. The summed E-state index contributed by atoms with van der Waals surface area (Å²) in [6.07, 6.45) is 2.84. The average molecular weight is 198 g/mol. The van der Waals surface area contributed by atoms with Crippen molar-refractivity contribution in [3.05, 3.63) is 0 Å². The highest BCUT2D eigenvalue weighted by Crippen LogP contribution is 2.22. The molecule has 2 heteroatoms. The summed E-state index contributed by atoms with van der Waals surface area (Å²) in [4.78, 5) is 4.91. The largest absolute Gasteiger partial charge is 0.308 e. The van der Waals surface area contributed by atoms with Crippen LogP contribution in [0.1, 0.15) is 26.7 Å². The highest BCUT2D eigenvalue weighted by molar-refractivity contribution is 4.75. The van der Waals surface area contributed by atoms with Crippen LogP contribution in [0.15, 0.2) is 0 Å². The molecule has 0 aromatic carbocycles. The van der Waals surface area contributed by atoms with E-state index in [2.05, 4.69) is 37.7 Å². The van der Waals surface area contributed by atoms with E-state index in [0.29, 0.717) is 0 Å². The van der Waals surface area contributed by atoms with Crippen LogP contribution in [0, 0.1) is 11.8 Å². The van der Waals surface area contributed by atoms with E-state index in [1.54, 1.807) is 0 Å². The molecule has 2 nitrogen and oxygen atoms in total. The van der Waals surface area contributed by atoms with Crippen molar-refractivity contribution in [2.45, 2.75) is 26.7 Å². The van der Waals surface area contributed by atoms with Gasteiger partial charge in [-0.05, 0) is 45.3 Å². The summed E-state index contributed by atoms with van der Waals surface area (Å²) in [6, 6.07) is 0. The molecule has 0 saturated carbocycles. The number of hydrogen-bond donors (Lipinski definition) is 0. The third-order valence-electron chi connectivity index (χ3n) is 3.35. The molecule has 0 bridgehead atoms. The smallest absolute Gasteiger partial charge is 0.0109 e. The Morgan fingerprint density at radius 2 is 2.07 bits per heavy atom. The van der Waals surface area contributed by atoms with Crippen LogP contribution in [0.2, 0.25) is 0 Å². The Balaban J connectivity index is 2.25. The molecule has 0 aromatic rings. The molecule has 1 aliphatic rings. The fourth-order valence-electron chi connectivity index (χ4n) is 2.18. The normalized spacial score (nSPS) is 24.9. The summed E-state index contributed by atoms with van der Waals surface area (Å²) in [7, 11) is 4.31. The van der Waals surface area contributed by atoms with Gasteiger partial charge in [0.2, 0.25) is 0 Å². The molecule has 0 radical (unpaired) electrons. The van der Waals surface area contributed by atoms with E-state index >= 15 is 0 Å². The predicted molar refractivity (Wildman–Crippen MR) is 62.6 cm³/mol. The van der Waals surface area contributed by atoms with Gasteiger partial charge in [-0.15, -0.1) is 0 Å². The van der Waals surface area contributed by atoms with Crippen LogP contribution in [0.4, 0.5) is 0 Å². The number of nitrogens with zero attached hydrogens (tertiary/aromatic N) is 2. The average Bonchev–Trinajstić information content (AvgIpc) is 2.15. The van der Waals surface area contributed by atoms with Crippen LogP contribution in [-0.2, 0) is 0 Å². The Morgan fingerprint density at radius 1 is 1.36 bits per heavy atom. The minimum absolute atomic E-state index is 0.858. The maximum Gasteiger partial charge on any atom is 0.0109 e. The lowest BCUT2D eigenvalue weighted by molar-refractivity contribution is 0.136. The van der Waals surface area contributed by atoms with E-state index in [4.69, 9.17) is 0 Å². The van der Waals surface area contributed by atoms with E-state index in [9.17, 15) is 0 Å². The molecule has 0 spiro atoms. The van der Waals surface area contributed by atoms with Crippen molar-refractivity contribution < 1.29 is 0 Å². The summed E-state index contributed by atoms with van der Waals surface area (Å²) in [5, 5.41) is 0. The van der Waals surface area contributed by atoms with Gasteiger partial charge >= 0.3 is 0 Å². The lowest BCUT2D eigenvalue weighted by Crippen LogP contribution is -2.40. The van der Waals surface area contributed by atoms with Crippen molar-refractivity contribution in [2.75, 3.05) is 40.3 Å². The van der Waals surface area contributed by atoms with Crippen LogP contribution in [0.3, 0.4) is 0 Å². The second kappa shape index (κ2) is 5.72. The molecule has 0 aliphatic carbocycles. The number of rotatable bonds is 4. The molecule has 0 amide bonds. The molecular formula is C12H26N2. The first-order chi connectivity index (χ1) is 6.59. The van der Waals surface area contributed by atoms with Gasteiger partial charge in [0, 0.05) is 19.6 Å². The fraction of sp³-hybridized carbons (Fsp3) is 1.00.